The van der Waals surface area contributed by atoms with E-state index in [4.69, 9.17) is 10.8 Å². The first-order chi connectivity index (χ1) is 4.22. The molecule has 1 amide bonds. The van der Waals surface area contributed by atoms with Crippen LogP contribution < -0.4 is 5.73 Å². The van der Waals surface area contributed by atoms with E-state index in [9.17, 15) is 4.79 Å². The predicted molar refractivity (Wildman–Crippen MR) is 34.5 cm³/mol. The van der Waals surface area contributed by atoms with Crippen molar-refractivity contribution in [2.24, 2.45) is 5.73 Å². The molecule has 0 aliphatic rings. The Labute approximate surface area is 55.7 Å². The van der Waals surface area contributed by atoms with Crippen molar-refractivity contribution in [3.63, 3.8) is 0 Å². The fourth-order valence-corrected chi connectivity index (χ4v) is 1.12. The largest absolute Gasteiger partial charge is 0.506 e. The van der Waals surface area contributed by atoms with Crippen LogP contribution in [-0.4, -0.2) is 11.0 Å². The second-order valence-electron chi connectivity index (χ2n) is 1.50. The normalized spacial score (nSPS) is 9.33. The molecule has 0 radical (unpaired) electrons. The molecule has 48 valence electrons. The molecule has 0 aliphatic heterocycles. The molecule has 0 spiro atoms. The van der Waals surface area contributed by atoms with Crippen molar-refractivity contribution in [1.82, 2.24) is 0 Å². The van der Waals surface area contributed by atoms with Crippen LogP contribution in [-0.2, 0) is 0 Å². The van der Waals surface area contributed by atoms with Gasteiger partial charge in [0.2, 0.25) is 0 Å². The van der Waals surface area contributed by atoms with E-state index < -0.39 is 5.91 Å². The molecule has 0 bridgehead atoms. The van der Waals surface area contributed by atoms with Gasteiger partial charge < -0.3 is 10.8 Å². The Morgan fingerprint density at radius 2 is 2.44 bits per heavy atom. The van der Waals surface area contributed by atoms with Crippen LogP contribution in [0, 0.1) is 0 Å². The van der Waals surface area contributed by atoms with Gasteiger partial charge in [-0.25, -0.2) is 0 Å². The SMILES string of the molecule is NC(=O)c1sccc1O. The van der Waals surface area contributed by atoms with Gasteiger partial charge in [0.05, 0.1) is 0 Å². The molecule has 0 aliphatic carbocycles. The van der Waals surface area contributed by atoms with Crippen molar-refractivity contribution in [3.05, 3.63) is 16.3 Å². The quantitative estimate of drug-likeness (QED) is 0.603. The van der Waals surface area contributed by atoms with Gasteiger partial charge in [0.1, 0.15) is 10.6 Å². The monoisotopic (exact) mass is 143 g/mol. The van der Waals surface area contributed by atoms with Gasteiger partial charge in [-0.1, -0.05) is 0 Å². The summed E-state index contributed by atoms with van der Waals surface area (Å²) in [5.41, 5.74) is 4.87. The van der Waals surface area contributed by atoms with Crippen LogP contribution in [0.2, 0.25) is 0 Å². The van der Waals surface area contributed by atoms with E-state index >= 15 is 0 Å². The zero-order chi connectivity index (χ0) is 6.85. The predicted octanol–water partition coefficient (Wildman–Crippen LogP) is 0.553. The maximum Gasteiger partial charge on any atom is 0.262 e. The van der Waals surface area contributed by atoms with Crippen LogP contribution in [0.5, 0.6) is 5.75 Å². The van der Waals surface area contributed by atoms with Gasteiger partial charge in [0.25, 0.3) is 5.91 Å². The maximum atomic E-state index is 10.4. The van der Waals surface area contributed by atoms with Crippen LogP contribution in [0.3, 0.4) is 0 Å². The Bertz CT molecular complexity index is 231. The second-order valence-corrected chi connectivity index (χ2v) is 2.42. The topological polar surface area (TPSA) is 63.3 Å². The molecule has 4 heteroatoms. The molecular formula is C5H5NO2S. The molecule has 0 fully saturated rings. The summed E-state index contributed by atoms with van der Waals surface area (Å²) in [7, 11) is 0. The smallest absolute Gasteiger partial charge is 0.262 e. The zero-order valence-corrected chi connectivity index (χ0v) is 5.31. The van der Waals surface area contributed by atoms with E-state index in [0.29, 0.717) is 0 Å². The molecule has 0 unspecified atom stereocenters. The Morgan fingerprint density at radius 3 is 2.67 bits per heavy atom. The summed E-state index contributed by atoms with van der Waals surface area (Å²) in [5.74, 6) is -0.616. The Hall–Kier alpha value is -1.03. The number of hydrogen-bond donors (Lipinski definition) is 2. The number of primary amides is 1. The molecule has 3 nitrogen and oxygen atoms in total. The number of rotatable bonds is 1. The molecular weight excluding hydrogens is 138 g/mol. The highest BCUT2D eigenvalue weighted by atomic mass is 32.1. The van der Waals surface area contributed by atoms with Gasteiger partial charge in [0, 0.05) is 0 Å². The minimum Gasteiger partial charge on any atom is -0.506 e. The number of carbonyl (C=O) groups is 1. The van der Waals surface area contributed by atoms with Gasteiger partial charge in [0.15, 0.2) is 0 Å². The zero-order valence-electron chi connectivity index (χ0n) is 4.50. The molecule has 9 heavy (non-hydrogen) atoms. The number of aromatic hydroxyl groups is 1. The van der Waals surface area contributed by atoms with Gasteiger partial charge in [-0.3, -0.25) is 4.79 Å². The van der Waals surface area contributed by atoms with Crippen molar-refractivity contribution in [3.8, 4) is 5.75 Å². The lowest BCUT2D eigenvalue weighted by molar-refractivity contribution is 0.100. The van der Waals surface area contributed by atoms with Crippen molar-refractivity contribution < 1.29 is 9.90 Å². The summed E-state index contributed by atoms with van der Waals surface area (Å²) in [6.45, 7) is 0. The lowest BCUT2D eigenvalue weighted by Crippen LogP contribution is -2.08. The highest BCUT2D eigenvalue weighted by Crippen LogP contribution is 2.21. The number of thiophene rings is 1. The molecule has 0 saturated heterocycles. The van der Waals surface area contributed by atoms with E-state index in [2.05, 4.69) is 0 Å². The molecule has 0 saturated carbocycles. The highest BCUT2D eigenvalue weighted by molar-refractivity contribution is 7.12. The highest BCUT2D eigenvalue weighted by Gasteiger charge is 2.06. The molecule has 1 aromatic rings. The van der Waals surface area contributed by atoms with Crippen molar-refractivity contribution in [2.75, 3.05) is 0 Å². The van der Waals surface area contributed by atoms with E-state index in [-0.39, 0.29) is 10.6 Å². The third-order valence-electron chi connectivity index (χ3n) is 0.868. The van der Waals surface area contributed by atoms with Crippen molar-refractivity contribution >= 4 is 17.2 Å². The Balaban J connectivity index is 3.08. The summed E-state index contributed by atoms with van der Waals surface area (Å²) in [6.07, 6.45) is 0. The van der Waals surface area contributed by atoms with Crippen LogP contribution >= 0.6 is 11.3 Å². The van der Waals surface area contributed by atoms with Crippen molar-refractivity contribution in [1.29, 1.82) is 0 Å². The molecule has 0 atom stereocenters. The number of carbonyl (C=O) groups excluding carboxylic acids is 1. The first kappa shape index (κ1) is 6.10. The van der Waals surface area contributed by atoms with Gasteiger partial charge >= 0.3 is 0 Å². The standard InChI is InChI=1S/C5H5NO2S/c6-5(8)4-3(7)1-2-9-4/h1-2,7H,(H2,6,8). The molecule has 1 rings (SSSR count). The average Bonchev–Trinajstić information content (AvgIpc) is 2.13. The second kappa shape index (κ2) is 2.06. The fourth-order valence-electron chi connectivity index (χ4n) is 0.487. The summed E-state index contributed by atoms with van der Waals surface area (Å²) in [5, 5.41) is 10.4. The van der Waals surface area contributed by atoms with Gasteiger partial charge in [-0.2, -0.15) is 0 Å². The number of amides is 1. The van der Waals surface area contributed by atoms with Gasteiger partial charge in [-0.05, 0) is 11.4 Å². The Morgan fingerprint density at radius 1 is 1.78 bits per heavy atom. The van der Waals surface area contributed by atoms with Crippen LogP contribution in [0.25, 0.3) is 0 Å². The average molecular weight is 143 g/mol. The van der Waals surface area contributed by atoms with Crippen LogP contribution in [0.1, 0.15) is 9.67 Å². The summed E-state index contributed by atoms with van der Waals surface area (Å²) in [4.78, 5) is 10.6. The first-order valence-electron chi connectivity index (χ1n) is 2.28. The molecule has 1 heterocycles. The van der Waals surface area contributed by atoms with Crippen LogP contribution in [0.4, 0.5) is 0 Å². The summed E-state index contributed by atoms with van der Waals surface area (Å²) < 4.78 is 0. The van der Waals surface area contributed by atoms with Crippen LogP contribution in [0.15, 0.2) is 11.4 Å². The lowest BCUT2D eigenvalue weighted by Gasteiger charge is -1.86. The minimum absolute atomic E-state index is 0.0347. The number of nitrogens with two attached hydrogens (primary N) is 1. The van der Waals surface area contributed by atoms with E-state index in [1.54, 1.807) is 5.38 Å². The summed E-state index contributed by atoms with van der Waals surface area (Å²) >= 11 is 1.13. The van der Waals surface area contributed by atoms with Gasteiger partial charge in [-0.15, -0.1) is 11.3 Å². The molecule has 3 N–H and O–H groups in total. The van der Waals surface area contributed by atoms with E-state index in [0.717, 1.165) is 11.3 Å². The fraction of sp³-hybridized carbons (Fsp3) is 0. The van der Waals surface area contributed by atoms with Crippen molar-refractivity contribution in [2.45, 2.75) is 0 Å². The Kier molecular flexibility index (Phi) is 1.40. The third-order valence-corrected chi connectivity index (χ3v) is 1.79. The third kappa shape index (κ3) is 1.02. The number of hydrogen-bond acceptors (Lipinski definition) is 3. The molecule has 0 aromatic carbocycles. The maximum absolute atomic E-state index is 10.4. The minimum atomic E-state index is -0.581. The lowest BCUT2D eigenvalue weighted by atomic mass is 10.4. The summed E-state index contributed by atoms with van der Waals surface area (Å²) in [6, 6.07) is 1.44. The first-order valence-corrected chi connectivity index (χ1v) is 3.16. The van der Waals surface area contributed by atoms with E-state index in [1.807, 2.05) is 0 Å². The van der Waals surface area contributed by atoms with E-state index in [1.165, 1.54) is 6.07 Å². The molecule has 1 aromatic heterocycles.